The number of fused-ring (bicyclic) bond motifs is 4. The van der Waals surface area contributed by atoms with Gasteiger partial charge in [-0.05, 0) is 149 Å². The highest BCUT2D eigenvalue weighted by molar-refractivity contribution is 7.90. The predicted octanol–water partition coefficient (Wildman–Crippen LogP) is 13.7. The van der Waals surface area contributed by atoms with Crippen LogP contribution in [0.1, 0.15) is 83.5 Å². The van der Waals surface area contributed by atoms with Gasteiger partial charge < -0.3 is 84.0 Å². The Morgan fingerprint density at radius 2 is 0.912 bits per heavy atom. The smallest absolute Gasteiger partial charge is 0.267 e. The molecule has 137 heavy (non-hydrogen) atoms. The van der Waals surface area contributed by atoms with Crippen molar-refractivity contribution in [2.75, 3.05) is 149 Å². The van der Waals surface area contributed by atoms with Crippen LogP contribution in [-0.2, 0) is 43.7 Å². The molecule has 42 heteroatoms. The summed E-state index contributed by atoms with van der Waals surface area (Å²) >= 11 is 7.47. The maximum atomic E-state index is 13.2. The molecule has 1 unspecified atom stereocenters. The average Bonchev–Trinajstić information content (AvgIpc) is 1.55. The minimum Gasteiger partial charge on any atom is -0.496 e. The number of ether oxygens (including phenoxy) is 8. The minimum absolute atomic E-state index is 0.0195. The van der Waals surface area contributed by atoms with Crippen molar-refractivity contribution >= 4 is 123 Å². The van der Waals surface area contributed by atoms with Gasteiger partial charge in [-0.2, -0.15) is 20.4 Å². The number of imidazole rings is 4. The highest BCUT2D eigenvalue weighted by Gasteiger charge is 2.33. The highest BCUT2D eigenvalue weighted by Crippen LogP contribution is 2.39. The topological polar surface area (TPSA) is 480 Å². The first kappa shape index (κ1) is 94.3. The number of hydrogen-bond donors (Lipinski definition) is 12. The van der Waals surface area contributed by atoms with Crippen LogP contribution in [0.5, 0.6) is 34.5 Å². The van der Waals surface area contributed by atoms with Gasteiger partial charge in [-0.3, -0.25) is 54.3 Å². The van der Waals surface area contributed by atoms with Crippen molar-refractivity contribution in [1.29, 1.82) is 0 Å². The van der Waals surface area contributed by atoms with E-state index in [1.165, 1.54) is 67.3 Å². The molecule has 4 saturated heterocycles. The Morgan fingerprint density at radius 1 is 0.467 bits per heavy atom. The van der Waals surface area contributed by atoms with Crippen LogP contribution in [0, 0.1) is 19.8 Å². The molecule has 0 spiro atoms. The molecule has 0 aliphatic carbocycles. The maximum Gasteiger partial charge on any atom is 0.267 e. The fourth-order valence-corrected chi connectivity index (χ4v) is 18.4. The second-order valence-electron chi connectivity index (χ2n) is 33.4. The summed E-state index contributed by atoms with van der Waals surface area (Å²) in [6.07, 6.45) is 11.3. The van der Waals surface area contributed by atoms with Gasteiger partial charge >= 0.3 is 0 Å². The quantitative estimate of drug-likeness (QED) is 0.0227. The van der Waals surface area contributed by atoms with E-state index in [0.29, 0.717) is 131 Å². The number of anilines is 4. The number of piperidine rings is 1. The normalized spacial score (nSPS) is 15.1. The van der Waals surface area contributed by atoms with E-state index in [4.69, 9.17) is 49.5 Å². The molecule has 0 bridgehead atoms. The zero-order valence-corrected chi connectivity index (χ0v) is 79.1. The van der Waals surface area contributed by atoms with E-state index in [0.717, 1.165) is 179 Å². The summed E-state index contributed by atoms with van der Waals surface area (Å²) in [5, 5.41) is 41.0. The fourth-order valence-electron chi connectivity index (χ4n) is 16.7. The summed E-state index contributed by atoms with van der Waals surface area (Å²) < 4.78 is 67.9. The number of rotatable bonds is 27. The molecule has 39 nitrogen and oxygen atoms in total. The third-order valence-corrected chi connectivity index (χ3v) is 26.4. The number of aryl methyl sites for hydroxylation is 2. The van der Waals surface area contributed by atoms with Gasteiger partial charge in [-0.15, -0.1) is 11.3 Å². The summed E-state index contributed by atoms with van der Waals surface area (Å²) in [5.74, 6) is 4.73. The number of halogens is 1. The van der Waals surface area contributed by atoms with Crippen LogP contribution in [-0.4, -0.2) is 271 Å². The van der Waals surface area contributed by atoms with Crippen molar-refractivity contribution in [3.63, 3.8) is 0 Å². The third-order valence-electron chi connectivity index (χ3n) is 23.9. The van der Waals surface area contributed by atoms with Gasteiger partial charge in [0.15, 0.2) is 56.1 Å². The Bertz CT molecular complexity index is 7060. The molecule has 4 aliphatic rings. The summed E-state index contributed by atoms with van der Waals surface area (Å²) in [6, 6.07) is 38.8. The first-order chi connectivity index (χ1) is 66.5. The fraction of sp³-hybridized carbons (Fsp3) is 0.316. The van der Waals surface area contributed by atoms with Gasteiger partial charge in [0.05, 0.1) is 193 Å². The van der Waals surface area contributed by atoms with E-state index < -0.39 is 15.7 Å². The Morgan fingerprint density at radius 3 is 1.39 bits per heavy atom. The van der Waals surface area contributed by atoms with E-state index in [1.54, 1.807) is 51.9 Å². The number of hydrogen-bond acceptors (Lipinski definition) is 28. The van der Waals surface area contributed by atoms with E-state index in [9.17, 15) is 27.6 Å². The number of H-pyrrole nitrogens is 8. The second kappa shape index (κ2) is 42.6. The largest absolute Gasteiger partial charge is 0.496 e. The first-order valence-corrected chi connectivity index (χ1v) is 47.5. The average molecular weight is 1920 g/mol. The molecule has 9 aromatic heterocycles. The number of nitrogens with zero attached hydrogens (tertiary/aromatic N) is 13. The summed E-state index contributed by atoms with van der Waals surface area (Å²) in [5.41, 5.74) is 15.4. The van der Waals surface area contributed by atoms with Crippen molar-refractivity contribution in [2.24, 2.45) is 5.92 Å². The Labute approximate surface area is 795 Å². The third kappa shape index (κ3) is 22.4. The van der Waals surface area contributed by atoms with Crippen molar-refractivity contribution in [2.45, 2.75) is 70.1 Å². The van der Waals surface area contributed by atoms with E-state index in [-0.39, 0.29) is 40.0 Å². The molecule has 13 heterocycles. The van der Waals surface area contributed by atoms with Crippen molar-refractivity contribution < 1.29 is 65.5 Å². The number of thiazole rings is 1. The molecular formula is C95H104ClN25O14S2. The molecule has 0 saturated carbocycles. The molecule has 7 aromatic carbocycles. The lowest BCUT2D eigenvalue weighted by Gasteiger charge is -2.28. The number of sulfone groups is 1. The van der Waals surface area contributed by atoms with Crippen LogP contribution in [0.25, 0.3) is 90.2 Å². The number of aromatic nitrogens is 17. The van der Waals surface area contributed by atoms with Crippen LogP contribution in [0.15, 0.2) is 157 Å². The highest BCUT2D eigenvalue weighted by atomic mass is 35.5. The van der Waals surface area contributed by atoms with Crippen LogP contribution >= 0.6 is 22.9 Å². The van der Waals surface area contributed by atoms with E-state index in [2.05, 4.69) is 170 Å². The second-order valence-corrected chi connectivity index (χ2v) is 37.0. The molecule has 20 rings (SSSR count). The number of likely N-dealkylation sites (tertiary alicyclic amines) is 2. The summed E-state index contributed by atoms with van der Waals surface area (Å²) in [6.45, 7) is 16.7. The first-order valence-electron chi connectivity index (χ1n) is 44.4. The minimum atomic E-state index is -3.50. The van der Waals surface area contributed by atoms with Gasteiger partial charge in [-0.1, -0.05) is 54.1 Å². The lowest BCUT2D eigenvalue weighted by atomic mass is 9.98. The number of benzene rings is 7. The zero-order chi connectivity index (χ0) is 95.4. The number of morpholine rings is 2. The predicted molar refractivity (Wildman–Crippen MR) is 520 cm³/mol. The lowest BCUT2D eigenvalue weighted by molar-refractivity contribution is -0.120. The van der Waals surface area contributed by atoms with Crippen LogP contribution in [0.3, 0.4) is 0 Å². The Hall–Kier alpha value is -14.4. The molecular weight excluding hydrogens is 1810 g/mol. The van der Waals surface area contributed by atoms with Crippen molar-refractivity contribution in [3.05, 3.63) is 201 Å². The summed E-state index contributed by atoms with van der Waals surface area (Å²) in [7, 11) is 6.35. The maximum absolute atomic E-state index is 13.2. The molecule has 12 N–H and O–H groups in total. The molecule has 4 fully saturated rings. The number of carbonyl (C=O) groups excluding carboxylic acids is 4. The van der Waals surface area contributed by atoms with Gasteiger partial charge in [0.25, 0.3) is 17.7 Å². The SMILES string of the molecule is COc1cc2nc(-c3[nH]ncc3NC(=O)C3CCCN3Cc3ccccc3)[nH]c2cc1OC.COc1cc2nc(-c3[nH]ncc3NC(=O)c3cc(Cl)ccc3OC)[nH]c2cc1OCC1CCN(C)CC1.COc1ccc(S(C)(=O)=O)cc1C(=O)Nc1cn[nH]c1-c1nc2ccc(CN3CCOCC3)cc2[nH]1.Cc1nc(C)c(C(=O)Nc2cn[nH]c2-c2nc3ccc(CN4CCOCC4)cc3[nH]2)s1. The van der Waals surface area contributed by atoms with Gasteiger partial charge in [0, 0.05) is 81.4 Å². The Kier molecular flexibility index (Phi) is 29.4. The van der Waals surface area contributed by atoms with Gasteiger partial charge in [-0.25, -0.2) is 33.3 Å². The van der Waals surface area contributed by atoms with Crippen LogP contribution < -0.4 is 49.7 Å². The molecule has 712 valence electrons. The number of aromatic amines is 8. The van der Waals surface area contributed by atoms with Crippen molar-refractivity contribution in [3.8, 4) is 80.6 Å². The number of nitrogens with one attached hydrogen (secondary N) is 12. The molecule has 4 aliphatic heterocycles. The monoisotopic (exact) mass is 1920 g/mol. The number of methoxy groups -OCH3 is 5. The van der Waals surface area contributed by atoms with Crippen LogP contribution in [0.4, 0.5) is 22.7 Å². The van der Waals surface area contributed by atoms with Crippen molar-refractivity contribution in [1.82, 2.24) is 105 Å². The Balaban J connectivity index is 0.000000127. The standard InChI is InChI=1S/C26H29ClN6O4.C24H26N6O5S.C24H26N6O3.C21H23N7O2S/c1-33-8-6-15(7-9-33)14-37-23-12-19-18(11-22(23)36-3)29-25(30-19)24-20(13-28-32-24)31-26(34)17-10-16(27)4-5-21(17)35-2;1-34-21-6-4-16(36(2,32)33)12-17(21)24(31)28-20-13-25-29-22(20)23-26-18-5-3-15(11-19(18)27-23)14-30-7-9-35-10-8-30;1-32-20-11-16-17(12-21(20)33-2)27-23(26-16)22-18(13-25-29-22)28-24(31)19-9-6-10-30(19)14-15-7-4-3-5-8-15;1-12-19(31-13(2)23-12)21(29)26-17-10-22-27-18(17)20-24-15-4-3-14(9-16(15)25-20)11-28-5-7-30-8-6-28/h4-5,10-13,15H,6-9,14H2,1-3H3,(H,28,32)(H,29,30)(H,31,34);3-6,11-13H,7-10,14H2,1-2H3,(H,25,29)(H,26,27)(H,28,31);3-5,7-8,11-13,19H,6,9-10,14H2,1-2H3,(H,25,29)(H,26,27)(H,28,31);3-4,9-10H,5-8,11H2,1-2H3,(H,22,27)(H,24,25)(H,26,29). The van der Waals surface area contributed by atoms with Gasteiger partial charge in [0.2, 0.25) is 5.91 Å². The summed E-state index contributed by atoms with van der Waals surface area (Å²) in [4.78, 5) is 98.1. The van der Waals surface area contributed by atoms with Gasteiger partial charge in [0.1, 0.15) is 39.2 Å². The number of amides is 4. The van der Waals surface area contributed by atoms with Crippen LogP contribution in [0.2, 0.25) is 5.02 Å². The molecule has 0 radical (unpaired) electrons. The number of carbonyl (C=O) groups is 4. The van der Waals surface area contributed by atoms with E-state index in [1.807, 2.05) is 68.4 Å². The van der Waals surface area contributed by atoms with E-state index >= 15 is 0 Å². The lowest BCUT2D eigenvalue weighted by Crippen LogP contribution is -2.39. The molecule has 1 atom stereocenters. The molecule has 4 amide bonds. The zero-order valence-electron chi connectivity index (χ0n) is 76.7. The molecule has 16 aromatic rings.